The molecule has 70 heavy (non-hydrogen) atoms. The van der Waals surface area contributed by atoms with Crippen molar-refractivity contribution in [1.29, 1.82) is 0 Å². The van der Waals surface area contributed by atoms with Gasteiger partial charge in [0.1, 0.15) is 0 Å². The monoisotopic (exact) mass is 955 g/mol. The number of hydrogen-bond donors (Lipinski definition) is 1. The maximum absolute atomic E-state index is 4.67. The highest BCUT2D eigenvalue weighted by atomic mass is 32.2. The first-order chi connectivity index (χ1) is 33.7. The van der Waals surface area contributed by atoms with Gasteiger partial charge in [-0.1, -0.05) is 151 Å². The Hall–Kier alpha value is -6.31. The molecule has 14 rings (SSSR count). The number of thiophene rings is 2. The molecule has 5 heterocycles. The number of allylic oxidation sites excluding steroid dienone is 2. The van der Waals surface area contributed by atoms with Crippen LogP contribution < -0.4 is 16.2 Å². The van der Waals surface area contributed by atoms with Gasteiger partial charge in [-0.25, -0.2) is 0 Å². The van der Waals surface area contributed by atoms with Crippen molar-refractivity contribution in [3.63, 3.8) is 0 Å². The Morgan fingerprint density at radius 2 is 1.29 bits per heavy atom. The number of nitrogens with one attached hydrogen (secondary N) is 1. The first-order valence-corrected chi connectivity index (χ1v) is 27.1. The van der Waals surface area contributed by atoms with Gasteiger partial charge in [0.15, 0.2) is 7.28 Å². The maximum Gasteiger partial charge on any atom is 0.197 e. The lowest BCUT2D eigenvalue weighted by Gasteiger charge is -2.41. The van der Waals surface area contributed by atoms with E-state index in [-0.39, 0.29) is 16.2 Å². The summed E-state index contributed by atoms with van der Waals surface area (Å²) in [4.78, 5) is 2.47. The van der Waals surface area contributed by atoms with Crippen LogP contribution in [0.3, 0.4) is 0 Å². The van der Waals surface area contributed by atoms with Gasteiger partial charge in [0.25, 0.3) is 0 Å². The van der Waals surface area contributed by atoms with Crippen molar-refractivity contribution in [2.75, 3.05) is 5.32 Å². The highest BCUT2D eigenvalue weighted by molar-refractivity contribution is 8.08. The lowest BCUT2D eigenvalue weighted by atomic mass is 9.58. The Balaban J connectivity index is 1.04. The molecule has 1 aliphatic carbocycles. The first-order valence-electron chi connectivity index (χ1n) is 24.7. The molecule has 339 valence electrons. The summed E-state index contributed by atoms with van der Waals surface area (Å²) in [7, 11) is 2.48. The van der Waals surface area contributed by atoms with E-state index in [1.54, 1.807) is 0 Å². The topological polar surface area (TPSA) is 17.0 Å². The van der Waals surface area contributed by atoms with Gasteiger partial charge in [-0.3, -0.25) is 0 Å². The molecule has 8 aromatic carbocycles. The van der Waals surface area contributed by atoms with Gasteiger partial charge in [-0.2, -0.15) is 0 Å². The third-order valence-corrected chi connectivity index (χ3v) is 19.3. The lowest BCUT2D eigenvalue weighted by Crippen LogP contribution is -2.37. The largest absolute Gasteiger partial charge is 0.355 e. The highest BCUT2D eigenvalue weighted by Crippen LogP contribution is 2.51. The number of aromatic nitrogens is 1. The van der Waals surface area contributed by atoms with E-state index in [4.69, 9.17) is 0 Å². The fraction of sp³-hybridized carbons (Fsp3) is 0.188. The van der Waals surface area contributed by atoms with Crippen LogP contribution in [-0.4, -0.2) is 11.8 Å². The Labute approximate surface area is 423 Å². The molecule has 0 unspecified atom stereocenters. The second-order valence-electron chi connectivity index (χ2n) is 22.4. The highest BCUT2D eigenvalue weighted by Gasteiger charge is 2.38. The van der Waals surface area contributed by atoms with E-state index in [0.717, 1.165) is 16.9 Å². The fourth-order valence-corrected chi connectivity index (χ4v) is 15.3. The van der Waals surface area contributed by atoms with Crippen LogP contribution in [0, 0.1) is 0 Å². The second kappa shape index (κ2) is 14.9. The lowest BCUT2D eigenvalue weighted by molar-refractivity contribution is 0.332. The first kappa shape index (κ1) is 42.6. The van der Waals surface area contributed by atoms with E-state index in [2.05, 4.69) is 218 Å². The van der Waals surface area contributed by atoms with E-state index in [0.29, 0.717) is 0 Å². The normalized spacial score (nSPS) is 15.9. The van der Waals surface area contributed by atoms with E-state index in [9.17, 15) is 0 Å². The van der Waals surface area contributed by atoms with Crippen LogP contribution >= 0.6 is 34.4 Å². The van der Waals surface area contributed by atoms with Crippen molar-refractivity contribution in [2.24, 2.45) is 0 Å². The molecule has 0 saturated carbocycles. The Kier molecular flexibility index (Phi) is 9.04. The summed E-state index contributed by atoms with van der Waals surface area (Å²) < 4.78 is 7.91. The molecule has 6 heteroatoms. The molecule has 1 radical (unpaired) electrons. The predicted molar refractivity (Wildman–Crippen MR) is 310 cm³/mol. The van der Waals surface area contributed by atoms with Crippen LogP contribution in [0.2, 0.25) is 0 Å². The summed E-state index contributed by atoms with van der Waals surface area (Å²) >= 11 is 5.69. The van der Waals surface area contributed by atoms with E-state index >= 15 is 0 Å². The van der Waals surface area contributed by atoms with Gasteiger partial charge < -0.3 is 9.88 Å². The van der Waals surface area contributed by atoms with Crippen molar-refractivity contribution in [3.05, 3.63) is 180 Å². The number of fused-ring (bicyclic) bond motifs is 13. The van der Waals surface area contributed by atoms with Gasteiger partial charge in [0.05, 0.1) is 5.52 Å². The molecule has 11 aromatic rings. The zero-order valence-corrected chi connectivity index (χ0v) is 43.2. The van der Waals surface area contributed by atoms with Crippen molar-refractivity contribution < 1.29 is 0 Å². The Morgan fingerprint density at radius 1 is 0.600 bits per heavy atom. The van der Waals surface area contributed by atoms with Crippen LogP contribution in [0.1, 0.15) is 89.1 Å². The van der Waals surface area contributed by atoms with Crippen LogP contribution in [-0.2, 0) is 16.2 Å². The molecule has 2 nitrogen and oxygen atoms in total. The number of anilines is 2. The van der Waals surface area contributed by atoms with Crippen molar-refractivity contribution in [3.8, 4) is 16.8 Å². The average molecular weight is 956 g/mol. The van der Waals surface area contributed by atoms with Crippen LogP contribution in [0.25, 0.3) is 89.4 Å². The number of nitrogens with zero attached hydrogens (tertiary/aromatic N) is 1. The van der Waals surface area contributed by atoms with Crippen LogP contribution in [0.4, 0.5) is 11.4 Å². The fourth-order valence-electron chi connectivity index (χ4n) is 11.9. The van der Waals surface area contributed by atoms with Gasteiger partial charge in [-0.15, -0.1) is 22.7 Å². The summed E-state index contributed by atoms with van der Waals surface area (Å²) in [6.45, 7) is 21.3. The minimum Gasteiger partial charge on any atom is -0.355 e. The Bertz CT molecular complexity index is 4130. The van der Waals surface area contributed by atoms with Gasteiger partial charge in [-0.05, 0) is 140 Å². The van der Waals surface area contributed by atoms with E-state index in [1.807, 2.05) is 34.4 Å². The van der Waals surface area contributed by atoms with Crippen LogP contribution in [0.15, 0.2) is 157 Å². The van der Waals surface area contributed by atoms with Crippen molar-refractivity contribution in [1.82, 2.24) is 4.57 Å². The van der Waals surface area contributed by atoms with E-state index in [1.165, 1.54) is 140 Å². The molecule has 0 amide bonds. The van der Waals surface area contributed by atoms with Gasteiger partial charge >= 0.3 is 0 Å². The minimum absolute atomic E-state index is 0.0671. The molecule has 0 fully saturated rings. The van der Waals surface area contributed by atoms with Gasteiger partial charge in [0.2, 0.25) is 0 Å². The second-order valence-corrected chi connectivity index (χ2v) is 25.6. The van der Waals surface area contributed by atoms with Crippen LogP contribution in [0.5, 0.6) is 0 Å². The molecule has 0 spiro atoms. The van der Waals surface area contributed by atoms with E-state index < -0.39 is 0 Å². The smallest absolute Gasteiger partial charge is 0.197 e. The Morgan fingerprint density at radius 3 is 2.07 bits per heavy atom. The quantitative estimate of drug-likeness (QED) is 0.177. The zero-order valence-electron chi connectivity index (χ0n) is 40.7. The maximum atomic E-state index is 4.67. The molecule has 1 N–H and O–H groups in total. The molecule has 0 bridgehead atoms. The molecule has 2 aliphatic heterocycles. The third kappa shape index (κ3) is 6.38. The summed E-state index contributed by atoms with van der Waals surface area (Å²) in [5.74, 6) is 0. The van der Waals surface area contributed by atoms with Gasteiger partial charge in [0, 0.05) is 89.1 Å². The summed E-state index contributed by atoms with van der Waals surface area (Å²) in [6.07, 6.45) is 4.66. The summed E-state index contributed by atoms with van der Waals surface area (Å²) in [5, 5.41) is 11.9. The van der Waals surface area contributed by atoms with Crippen molar-refractivity contribution in [2.45, 2.75) is 82.4 Å². The molecule has 3 aliphatic rings. The molecule has 0 saturated heterocycles. The standard InChI is InChI=1S/C64H52BN2S3/c1-35-26-55(36-14-10-9-11-15-36)69-58-34-53-50(30-42(35)58)65-60-40(22-23-41-44-28-45-39-16-12-13-17-54(39)68-59(45)33-52(44)67(53)61(41)60)43-27-46-47-29-48-49(64(7,8)25-24-63(48,5)6)31-56(47)70-57(46)32-51(43)66-38-20-18-37(19-21-38)62(2,3)4/h9-23,26-34,66H,1,24-25H2,2-8H3. The summed E-state index contributed by atoms with van der Waals surface area (Å²) in [6, 6.07) is 53.4. The number of benzene rings is 8. The average Bonchev–Trinajstić information content (AvgIpc) is 4.00. The molecule has 0 atom stereocenters. The third-order valence-electron chi connectivity index (χ3n) is 16.0. The predicted octanol–water partition coefficient (Wildman–Crippen LogP) is 17.7. The number of thioether (sulfide) groups is 1. The van der Waals surface area contributed by atoms with Crippen molar-refractivity contribution >= 4 is 137 Å². The molecular weight excluding hydrogens is 904 g/mol. The summed E-state index contributed by atoms with van der Waals surface area (Å²) in [5.41, 5.74) is 18.9. The zero-order chi connectivity index (χ0) is 47.6. The number of hydrogen-bond acceptors (Lipinski definition) is 4. The number of rotatable bonds is 4. The molecular formula is C64H52BN2S3. The SMILES string of the molecule is C=C1C=C(c2ccccc2)Sc2cc3c(cc21)[B]c1c(-c2cc4c(cc2Nc2ccc(C(C)(C)C)cc2)sc2cc5c(cc24)C(C)(C)CCC5(C)C)ccc2c4cc5c(cc4n-3c12)sc1ccccc15. The minimum atomic E-state index is 0.0671. The molecule has 3 aromatic heterocycles.